The Hall–Kier alpha value is -0.320. The topological polar surface area (TPSA) is 101 Å². The zero-order chi connectivity index (χ0) is 23.6. The van der Waals surface area contributed by atoms with Crippen molar-refractivity contribution >= 4 is 0 Å². The van der Waals surface area contributed by atoms with Crippen molar-refractivity contribution in [2.75, 3.05) is 48.1 Å². The molecule has 8 heteroatoms. The van der Waals surface area contributed by atoms with E-state index in [1.165, 1.54) is 0 Å². The largest absolute Gasteiger partial charge is 0.396 e. The average molecular weight is 468 g/mol. The second-order valence-electron chi connectivity index (χ2n) is 11.8. The van der Waals surface area contributed by atoms with Crippen molar-refractivity contribution in [3.8, 4) is 0 Å². The molecule has 0 aromatic heterocycles. The molecule has 1 heterocycles. The molecule has 3 N–H and O–H groups in total. The number of hydrogen-bond donors (Lipinski definition) is 3. The molecule has 6 fully saturated rings. The van der Waals surface area contributed by atoms with E-state index < -0.39 is 28.1 Å². The normalized spacial score (nSPS) is 60.9. The van der Waals surface area contributed by atoms with E-state index in [0.717, 1.165) is 25.8 Å². The molecule has 6 aliphatic rings. The summed E-state index contributed by atoms with van der Waals surface area (Å²) in [6.07, 6.45) is 1.81. The lowest BCUT2D eigenvalue weighted by molar-refractivity contribution is -0.320. The predicted molar refractivity (Wildman–Crippen MR) is 119 cm³/mol. The lowest BCUT2D eigenvalue weighted by atomic mass is 9.42. The van der Waals surface area contributed by atoms with Crippen LogP contribution in [-0.2, 0) is 18.9 Å². The van der Waals surface area contributed by atoms with Gasteiger partial charge in [0.15, 0.2) is 0 Å². The van der Waals surface area contributed by atoms with Gasteiger partial charge in [0.2, 0.25) is 0 Å². The Balaban J connectivity index is 1.68. The number of likely N-dealkylation sites (N-methyl/N-ethyl adjacent to an activating group) is 1. The van der Waals surface area contributed by atoms with E-state index in [-0.39, 0.29) is 54.6 Å². The number of rotatable bonds is 6. The van der Waals surface area contributed by atoms with Crippen LogP contribution in [0.3, 0.4) is 0 Å². The summed E-state index contributed by atoms with van der Waals surface area (Å²) in [5.74, 6) is -0.0916. The first-order valence-electron chi connectivity index (χ1n) is 12.7. The van der Waals surface area contributed by atoms with E-state index in [0.29, 0.717) is 13.0 Å². The standard InChI is InChI=1S/C25H41NO7/c1-6-26-11-22(12-27)8-7-16(31-3)24-14-9-13-15(30-2)10-23(28,17(14)18(13)32-4)25(29,21(24)26)20(33-5)19(22)24/h13-21,27-29H,6-12H2,1-5H3/t13-,14?,15-,16+,17?,18?,19?,20?,21+,22+,23-,24+,25-/m1/s1. The van der Waals surface area contributed by atoms with Gasteiger partial charge in [-0.15, -0.1) is 0 Å². The van der Waals surface area contributed by atoms with E-state index in [1.807, 2.05) is 0 Å². The molecule has 188 valence electrons. The van der Waals surface area contributed by atoms with Crippen LogP contribution in [0.4, 0.5) is 0 Å². The lowest BCUT2D eigenvalue weighted by Gasteiger charge is -2.70. The van der Waals surface area contributed by atoms with Crippen molar-refractivity contribution in [2.24, 2.45) is 34.5 Å². The molecule has 8 nitrogen and oxygen atoms in total. The number of fused-ring (bicyclic) bond motifs is 2. The zero-order valence-corrected chi connectivity index (χ0v) is 20.6. The summed E-state index contributed by atoms with van der Waals surface area (Å²) in [6, 6.07) is -0.312. The SMILES string of the molecule is CCN1C[C@]2(CO)CC[C@H](OC)[C@@]34C5C[C@H]6C(OC)C5[C@](O)(C[C@H]6OC)[C@@](O)(C(OC)C23)[C@@H]14. The van der Waals surface area contributed by atoms with Crippen LogP contribution in [0.5, 0.6) is 0 Å². The highest BCUT2D eigenvalue weighted by molar-refractivity contribution is 5.41. The predicted octanol–water partition coefficient (Wildman–Crippen LogP) is 0.271. The summed E-state index contributed by atoms with van der Waals surface area (Å²) in [5.41, 5.74) is -3.78. The highest BCUT2D eigenvalue weighted by Crippen LogP contribution is 2.80. The maximum absolute atomic E-state index is 13.0. The highest BCUT2D eigenvalue weighted by atomic mass is 16.5. The van der Waals surface area contributed by atoms with Gasteiger partial charge in [0.25, 0.3) is 0 Å². The van der Waals surface area contributed by atoms with Gasteiger partial charge in [-0.25, -0.2) is 0 Å². The minimum atomic E-state index is -1.52. The van der Waals surface area contributed by atoms with Gasteiger partial charge in [0.05, 0.1) is 37.1 Å². The first-order valence-corrected chi connectivity index (χ1v) is 12.7. The summed E-state index contributed by atoms with van der Waals surface area (Å²) in [4.78, 5) is 2.33. The van der Waals surface area contributed by atoms with Gasteiger partial charge in [-0.05, 0) is 31.7 Å². The molecule has 5 unspecified atom stereocenters. The number of methoxy groups -OCH3 is 4. The monoisotopic (exact) mass is 467 g/mol. The van der Waals surface area contributed by atoms with E-state index in [9.17, 15) is 15.3 Å². The first kappa shape index (κ1) is 23.1. The molecule has 6 rings (SSSR count). The number of ether oxygens (including phenoxy) is 4. The quantitative estimate of drug-likeness (QED) is 0.512. The average Bonchev–Trinajstić information content (AvgIpc) is 3.24. The molecular formula is C25H41NO7. The van der Waals surface area contributed by atoms with Gasteiger partial charge >= 0.3 is 0 Å². The maximum Gasteiger partial charge on any atom is 0.136 e. The molecule has 1 saturated heterocycles. The number of likely N-dealkylation sites (tertiary alicyclic amines) is 1. The Morgan fingerprint density at radius 3 is 2.36 bits per heavy atom. The fourth-order valence-corrected chi connectivity index (χ4v) is 11.0. The molecule has 0 aromatic carbocycles. The van der Waals surface area contributed by atoms with Crippen molar-refractivity contribution < 1.29 is 34.3 Å². The summed E-state index contributed by atoms with van der Waals surface area (Å²) < 4.78 is 24.5. The summed E-state index contributed by atoms with van der Waals surface area (Å²) in [5, 5.41) is 36.6. The molecule has 0 radical (unpaired) electrons. The van der Waals surface area contributed by atoms with Crippen LogP contribution in [0, 0.1) is 34.5 Å². The van der Waals surface area contributed by atoms with Gasteiger partial charge in [-0.3, -0.25) is 4.90 Å². The van der Waals surface area contributed by atoms with Crippen LogP contribution in [-0.4, -0.2) is 110 Å². The summed E-state index contributed by atoms with van der Waals surface area (Å²) in [6.45, 7) is 3.59. The van der Waals surface area contributed by atoms with E-state index in [1.54, 1.807) is 28.4 Å². The number of nitrogens with zero attached hydrogens (tertiary/aromatic N) is 1. The molecule has 5 aliphatic carbocycles. The minimum absolute atomic E-state index is 0.0443. The van der Waals surface area contributed by atoms with E-state index in [2.05, 4.69) is 11.8 Å². The molecular weight excluding hydrogens is 426 g/mol. The molecule has 33 heavy (non-hydrogen) atoms. The van der Waals surface area contributed by atoms with Crippen LogP contribution in [0.2, 0.25) is 0 Å². The van der Waals surface area contributed by atoms with Crippen LogP contribution < -0.4 is 0 Å². The lowest BCUT2D eigenvalue weighted by Crippen LogP contribution is -2.82. The van der Waals surface area contributed by atoms with Crippen LogP contribution >= 0.6 is 0 Å². The summed E-state index contributed by atoms with van der Waals surface area (Å²) >= 11 is 0. The molecule has 1 spiro atoms. The van der Waals surface area contributed by atoms with Gasteiger partial charge in [-0.2, -0.15) is 0 Å². The van der Waals surface area contributed by atoms with Crippen LogP contribution in [0.1, 0.15) is 32.6 Å². The highest BCUT2D eigenvalue weighted by Gasteiger charge is 2.91. The zero-order valence-electron chi connectivity index (χ0n) is 20.6. The molecule has 0 amide bonds. The second kappa shape index (κ2) is 7.13. The van der Waals surface area contributed by atoms with Crippen molar-refractivity contribution in [1.29, 1.82) is 0 Å². The van der Waals surface area contributed by atoms with Crippen molar-refractivity contribution in [2.45, 2.75) is 74.3 Å². The molecule has 0 aromatic rings. The van der Waals surface area contributed by atoms with Gasteiger partial charge in [0, 0.05) is 70.0 Å². The third-order valence-corrected chi connectivity index (χ3v) is 11.6. The van der Waals surface area contributed by atoms with Crippen molar-refractivity contribution in [3.05, 3.63) is 0 Å². The fraction of sp³-hybridized carbons (Fsp3) is 1.00. The van der Waals surface area contributed by atoms with Gasteiger partial charge in [0.1, 0.15) is 11.2 Å². The van der Waals surface area contributed by atoms with E-state index >= 15 is 0 Å². The first-order chi connectivity index (χ1) is 15.8. The Morgan fingerprint density at radius 1 is 1.03 bits per heavy atom. The number of hydrogen-bond acceptors (Lipinski definition) is 8. The number of aliphatic hydroxyl groups is 3. The molecule has 5 saturated carbocycles. The fourth-order valence-electron chi connectivity index (χ4n) is 11.0. The van der Waals surface area contributed by atoms with Crippen molar-refractivity contribution in [1.82, 2.24) is 4.90 Å². The Morgan fingerprint density at radius 2 is 1.79 bits per heavy atom. The Bertz CT molecular complexity index is 814. The third kappa shape index (κ3) is 2.16. The third-order valence-electron chi connectivity index (χ3n) is 11.6. The van der Waals surface area contributed by atoms with Gasteiger partial charge in [-0.1, -0.05) is 6.92 Å². The Kier molecular flexibility index (Phi) is 4.99. The van der Waals surface area contributed by atoms with E-state index in [4.69, 9.17) is 18.9 Å². The summed E-state index contributed by atoms with van der Waals surface area (Å²) in [7, 11) is 6.85. The maximum atomic E-state index is 13.0. The number of aliphatic hydroxyl groups excluding tert-OH is 1. The number of piperidine rings is 1. The van der Waals surface area contributed by atoms with Crippen LogP contribution in [0.15, 0.2) is 0 Å². The molecule has 1 aliphatic heterocycles. The second-order valence-corrected chi connectivity index (χ2v) is 11.8. The van der Waals surface area contributed by atoms with Crippen LogP contribution in [0.25, 0.3) is 0 Å². The molecule has 13 atom stereocenters. The van der Waals surface area contributed by atoms with Gasteiger partial charge < -0.3 is 34.3 Å². The smallest absolute Gasteiger partial charge is 0.136 e. The molecule has 7 bridgehead atoms. The van der Waals surface area contributed by atoms with Crippen molar-refractivity contribution in [3.63, 3.8) is 0 Å². The minimum Gasteiger partial charge on any atom is -0.396 e. The Labute approximate surface area is 196 Å².